The monoisotopic (exact) mass is 523 g/mol. The number of nitro groups is 1. The highest BCUT2D eigenvalue weighted by Crippen LogP contribution is 2.36. The molecular formula is C26H25N3O7S. The van der Waals surface area contributed by atoms with Crippen LogP contribution in [0, 0.1) is 10.1 Å². The number of nitrogens with zero attached hydrogens (tertiary/aromatic N) is 3. The van der Waals surface area contributed by atoms with E-state index >= 15 is 0 Å². The van der Waals surface area contributed by atoms with Crippen LogP contribution in [0.15, 0.2) is 63.5 Å². The van der Waals surface area contributed by atoms with E-state index in [1.54, 1.807) is 38.1 Å². The highest BCUT2D eigenvalue weighted by atomic mass is 32.1. The number of hydrogen-bond acceptors (Lipinski definition) is 9. The van der Waals surface area contributed by atoms with Gasteiger partial charge in [-0.1, -0.05) is 35.6 Å². The van der Waals surface area contributed by atoms with Crippen molar-refractivity contribution < 1.29 is 23.9 Å². The van der Waals surface area contributed by atoms with Crippen LogP contribution in [0.2, 0.25) is 0 Å². The predicted octanol–water partition coefficient (Wildman–Crippen LogP) is 3.11. The third kappa shape index (κ3) is 4.90. The number of rotatable bonds is 8. The Bertz CT molecular complexity index is 1590. The summed E-state index contributed by atoms with van der Waals surface area (Å²) in [6.07, 6.45) is 1.56. The molecule has 0 amide bonds. The first-order chi connectivity index (χ1) is 17.8. The van der Waals surface area contributed by atoms with E-state index in [-0.39, 0.29) is 23.6 Å². The molecule has 2 heterocycles. The largest absolute Gasteiger partial charge is 0.494 e. The molecule has 0 N–H and O–H groups in total. The van der Waals surface area contributed by atoms with Gasteiger partial charge in [-0.2, -0.15) is 0 Å². The molecule has 0 bridgehead atoms. The molecule has 1 aliphatic heterocycles. The lowest BCUT2D eigenvalue weighted by atomic mass is 9.95. The number of benzene rings is 2. The van der Waals surface area contributed by atoms with Gasteiger partial charge in [-0.25, -0.2) is 9.79 Å². The van der Waals surface area contributed by atoms with Crippen LogP contribution in [-0.2, 0) is 9.53 Å². The summed E-state index contributed by atoms with van der Waals surface area (Å²) in [5.74, 6) is 0.0813. The fraction of sp³-hybridized carbons (Fsp3) is 0.269. The number of thiazole rings is 1. The maximum atomic E-state index is 13.8. The summed E-state index contributed by atoms with van der Waals surface area (Å²) in [4.78, 5) is 42.7. The van der Waals surface area contributed by atoms with E-state index in [9.17, 15) is 19.7 Å². The Labute approximate surface area is 215 Å². The van der Waals surface area contributed by atoms with Crippen molar-refractivity contribution in [2.45, 2.75) is 26.8 Å². The Hall–Kier alpha value is -4.25. The van der Waals surface area contributed by atoms with Crippen LogP contribution in [0.4, 0.5) is 5.69 Å². The zero-order valence-corrected chi connectivity index (χ0v) is 21.5. The van der Waals surface area contributed by atoms with Crippen molar-refractivity contribution in [3.63, 3.8) is 0 Å². The zero-order chi connectivity index (χ0) is 26.7. The van der Waals surface area contributed by atoms with E-state index in [2.05, 4.69) is 4.99 Å². The number of nitro benzene ring substituents is 1. The quantitative estimate of drug-likeness (QED) is 0.253. The van der Waals surface area contributed by atoms with E-state index in [1.807, 2.05) is 19.1 Å². The topological polar surface area (TPSA) is 122 Å². The summed E-state index contributed by atoms with van der Waals surface area (Å²) in [5.41, 5.74) is 1.14. The van der Waals surface area contributed by atoms with Gasteiger partial charge >= 0.3 is 11.7 Å². The average molecular weight is 524 g/mol. The number of hydrogen-bond donors (Lipinski definition) is 0. The van der Waals surface area contributed by atoms with Gasteiger partial charge in [0.25, 0.3) is 5.56 Å². The molecule has 37 heavy (non-hydrogen) atoms. The smallest absolute Gasteiger partial charge is 0.338 e. The first kappa shape index (κ1) is 25.8. The predicted molar refractivity (Wildman–Crippen MR) is 138 cm³/mol. The molecule has 0 spiro atoms. The third-order valence-electron chi connectivity index (χ3n) is 5.73. The number of allylic oxidation sites excluding steroid dienone is 1. The Kier molecular flexibility index (Phi) is 7.53. The fourth-order valence-electron chi connectivity index (χ4n) is 4.17. The minimum Gasteiger partial charge on any atom is -0.494 e. The molecule has 0 radical (unpaired) electrons. The molecule has 1 aromatic heterocycles. The normalized spacial score (nSPS) is 15.1. The van der Waals surface area contributed by atoms with E-state index in [0.29, 0.717) is 38.5 Å². The van der Waals surface area contributed by atoms with Crippen LogP contribution in [0.25, 0.3) is 6.08 Å². The Balaban J connectivity index is 1.96. The lowest BCUT2D eigenvalue weighted by molar-refractivity contribution is -0.385. The summed E-state index contributed by atoms with van der Waals surface area (Å²) in [6, 6.07) is 10.8. The molecule has 2 aromatic carbocycles. The highest BCUT2D eigenvalue weighted by molar-refractivity contribution is 7.07. The maximum Gasteiger partial charge on any atom is 0.338 e. The van der Waals surface area contributed by atoms with E-state index in [1.165, 1.54) is 23.8 Å². The Morgan fingerprint density at radius 3 is 2.62 bits per heavy atom. The van der Waals surface area contributed by atoms with Gasteiger partial charge in [0.2, 0.25) is 0 Å². The van der Waals surface area contributed by atoms with Gasteiger partial charge in [0.15, 0.2) is 10.6 Å². The average Bonchev–Trinajstić information content (AvgIpc) is 3.18. The van der Waals surface area contributed by atoms with Gasteiger partial charge in [-0.05, 0) is 44.5 Å². The van der Waals surface area contributed by atoms with Crippen molar-refractivity contribution >= 4 is 29.1 Å². The fourth-order valence-corrected chi connectivity index (χ4v) is 5.22. The molecular weight excluding hydrogens is 498 g/mol. The van der Waals surface area contributed by atoms with Crippen LogP contribution in [0.1, 0.15) is 37.9 Å². The molecule has 1 atom stereocenters. The minimum atomic E-state index is -0.828. The standard InChI is InChI=1S/C26H25N3O7S/c1-5-35-19-10-8-7-9-17(19)23-22(25(31)36-6-2)15(3)27-26-28(23)24(30)21(37-26)14-16-11-12-20(34-4)18(13-16)29(32)33/h7-14,23H,5-6H2,1-4H3/b21-14-. The number of carbonyl (C=O) groups excluding carboxylic acids is 1. The van der Waals surface area contributed by atoms with Gasteiger partial charge in [0, 0.05) is 11.6 Å². The van der Waals surface area contributed by atoms with Gasteiger partial charge in [-0.15, -0.1) is 0 Å². The van der Waals surface area contributed by atoms with E-state index in [0.717, 1.165) is 11.3 Å². The second kappa shape index (κ2) is 10.8. The van der Waals surface area contributed by atoms with Crippen molar-refractivity contribution in [1.82, 2.24) is 4.57 Å². The summed E-state index contributed by atoms with van der Waals surface area (Å²) < 4.78 is 18.0. The number of ether oxygens (including phenoxy) is 3. The van der Waals surface area contributed by atoms with Gasteiger partial charge in [-0.3, -0.25) is 19.5 Å². The molecule has 11 heteroatoms. The summed E-state index contributed by atoms with van der Waals surface area (Å²) in [5, 5.41) is 11.5. The second-order valence-electron chi connectivity index (χ2n) is 7.96. The van der Waals surface area contributed by atoms with Crippen molar-refractivity contribution in [1.29, 1.82) is 0 Å². The van der Waals surface area contributed by atoms with Crippen molar-refractivity contribution in [2.75, 3.05) is 20.3 Å². The summed E-state index contributed by atoms with van der Waals surface area (Å²) in [7, 11) is 1.35. The molecule has 0 fully saturated rings. The number of para-hydroxylation sites is 1. The highest BCUT2D eigenvalue weighted by Gasteiger charge is 2.35. The molecule has 4 rings (SSSR count). The lowest BCUT2D eigenvalue weighted by Crippen LogP contribution is -2.40. The van der Waals surface area contributed by atoms with Gasteiger partial charge in [0.1, 0.15) is 11.8 Å². The number of carbonyl (C=O) groups is 1. The summed E-state index contributed by atoms with van der Waals surface area (Å²) >= 11 is 1.13. The van der Waals surface area contributed by atoms with Crippen molar-refractivity contribution in [3.05, 3.63) is 94.7 Å². The summed E-state index contributed by atoms with van der Waals surface area (Å²) in [6.45, 7) is 5.82. The Morgan fingerprint density at radius 2 is 1.95 bits per heavy atom. The number of aromatic nitrogens is 1. The number of fused-ring (bicyclic) bond motifs is 1. The second-order valence-corrected chi connectivity index (χ2v) is 8.97. The molecule has 192 valence electrons. The first-order valence-electron chi connectivity index (χ1n) is 11.5. The zero-order valence-electron chi connectivity index (χ0n) is 20.7. The molecule has 1 aliphatic rings. The molecule has 10 nitrogen and oxygen atoms in total. The molecule has 3 aromatic rings. The van der Waals surface area contributed by atoms with Crippen LogP contribution in [0.5, 0.6) is 11.5 Å². The SMILES string of the molecule is CCOC(=O)C1=C(C)N=c2s/c(=C\c3ccc(OC)c([N+](=O)[O-])c3)c(=O)n2C1c1ccccc1OCC. The maximum absolute atomic E-state index is 13.8. The number of methoxy groups -OCH3 is 1. The van der Waals surface area contributed by atoms with E-state index < -0.39 is 22.5 Å². The molecule has 1 unspecified atom stereocenters. The Morgan fingerprint density at radius 1 is 1.19 bits per heavy atom. The molecule has 0 aliphatic carbocycles. The number of esters is 1. The van der Waals surface area contributed by atoms with Crippen LogP contribution < -0.4 is 24.4 Å². The van der Waals surface area contributed by atoms with Gasteiger partial charge in [0.05, 0.1) is 41.0 Å². The van der Waals surface area contributed by atoms with Crippen molar-refractivity contribution in [3.8, 4) is 11.5 Å². The van der Waals surface area contributed by atoms with Crippen molar-refractivity contribution in [2.24, 2.45) is 4.99 Å². The first-order valence-corrected chi connectivity index (χ1v) is 12.4. The lowest BCUT2D eigenvalue weighted by Gasteiger charge is -2.26. The molecule has 0 saturated heterocycles. The van der Waals surface area contributed by atoms with Crippen LogP contribution >= 0.6 is 11.3 Å². The minimum absolute atomic E-state index is 0.117. The molecule has 0 saturated carbocycles. The van der Waals surface area contributed by atoms with Crippen LogP contribution in [0.3, 0.4) is 0 Å². The van der Waals surface area contributed by atoms with Gasteiger partial charge < -0.3 is 14.2 Å². The van der Waals surface area contributed by atoms with Crippen LogP contribution in [-0.4, -0.2) is 35.8 Å². The van der Waals surface area contributed by atoms with E-state index in [4.69, 9.17) is 14.2 Å². The third-order valence-corrected chi connectivity index (χ3v) is 6.71.